The van der Waals surface area contributed by atoms with E-state index in [4.69, 9.17) is 39.1 Å². The lowest BCUT2D eigenvalue weighted by molar-refractivity contribution is -0.325. The third-order valence-corrected chi connectivity index (χ3v) is 9.05. The molecule has 0 amide bonds. The molecule has 4 aromatic rings. The smallest absolute Gasteiger partial charge is 0.292 e. The molecule has 0 fully saturated rings. The van der Waals surface area contributed by atoms with E-state index in [0.29, 0.717) is 47.9 Å². The number of rotatable bonds is 18. The minimum absolute atomic E-state index is 0.428. The van der Waals surface area contributed by atoms with E-state index in [9.17, 15) is 19.2 Å². The van der Waals surface area contributed by atoms with E-state index in [-0.39, 0.29) is 0 Å². The summed E-state index contributed by atoms with van der Waals surface area (Å²) < 4.78 is 0. The highest BCUT2D eigenvalue weighted by molar-refractivity contribution is 5.90. The molecule has 0 unspecified atom stereocenters. The molecule has 0 bridgehead atoms. The van der Waals surface area contributed by atoms with Crippen LogP contribution < -0.4 is 0 Å². The maximum absolute atomic E-state index is 12.2. The van der Waals surface area contributed by atoms with Crippen molar-refractivity contribution in [1.29, 1.82) is 0 Å². The number of carbonyl (C=O) groups is 4. The lowest BCUT2D eigenvalue weighted by Crippen LogP contribution is -2.32. The largest absolute Gasteiger partial charge is 0.373 e. The van der Waals surface area contributed by atoms with Crippen LogP contribution in [-0.2, 0) is 39.1 Å². The van der Waals surface area contributed by atoms with Crippen molar-refractivity contribution < 1.29 is 58.3 Å². The van der Waals surface area contributed by atoms with Gasteiger partial charge in [-0.15, -0.1) is 0 Å². The van der Waals surface area contributed by atoms with Crippen molar-refractivity contribution in [3.05, 3.63) is 142 Å². The predicted molar refractivity (Wildman–Crippen MR) is 226 cm³/mol. The Bertz CT molecular complexity index is 1770. The highest BCUT2D eigenvalue weighted by Crippen LogP contribution is 2.28. The van der Waals surface area contributed by atoms with Crippen molar-refractivity contribution in [2.45, 2.75) is 131 Å². The lowest BCUT2D eigenvalue weighted by atomic mass is 9.94. The Balaban J connectivity index is 0.000000320. The van der Waals surface area contributed by atoms with Gasteiger partial charge in [-0.25, -0.2) is 19.2 Å². The van der Waals surface area contributed by atoms with E-state index < -0.39 is 46.3 Å². The zero-order chi connectivity index (χ0) is 44.7. The first-order valence-corrected chi connectivity index (χ1v) is 19.8. The molecule has 0 atom stereocenters. The number of benzene rings is 4. The Kier molecular flexibility index (Phi) is 17.7. The van der Waals surface area contributed by atoms with E-state index in [1.807, 2.05) is 107 Å². The van der Waals surface area contributed by atoms with Crippen LogP contribution in [0, 0.1) is 27.7 Å². The van der Waals surface area contributed by atoms with Gasteiger partial charge in [0.2, 0.25) is 0 Å². The highest BCUT2D eigenvalue weighted by atomic mass is 17.2. The molecule has 0 radical (unpaired) electrons. The van der Waals surface area contributed by atoms with Gasteiger partial charge in [0.25, 0.3) is 0 Å². The summed E-state index contributed by atoms with van der Waals surface area (Å²) in [5.41, 5.74) is 2.56. The van der Waals surface area contributed by atoms with Crippen molar-refractivity contribution in [3.8, 4) is 0 Å². The molecule has 0 aliphatic heterocycles. The fourth-order valence-electron chi connectivity index (χ4n) is 5.25. The molecule has 0 N–H and O–H groups in total. The molecule has 324 valence electrons. The van der Waals surface area contributed by atoms with Gasteiger partial charge >= 0.3 is 23.9 Å². The SMILES string of the molecule is Cc1cccc(C(=O)OOC(C)(C)CCC(C)(C)OOC(=O)c2cccc(C)c2)c1.Cc1cccc(C(=O)OOC(C)(C)CCC(C)(C)OOC(=O)c2cccc(C)c2)c1. The summed E-state index contributed by atoms with van der Waals surface area (Å²) in [6.07, 6.45) is 2.01. The van der Waals surface area contributed by atoms with Crippen LogP contribution in [0.3, 0.4) is 0 Å². The number of aryl methyl sites for hydroxylation is 4. The normalized spacial score (nSPS) is 11.8. The average Bonchev–Trinajstić information content (AvgIpc) is 3.19. The van der Waals surface area contributed by atoms with Crippen LogP contribution >= 0.6 is 0 Å². The first-order valence-electron chi connectivity index (χ1n) is 19.8. The van der Waals surface area contributed by atoms with Crippen LogP contribution in [0.5, 0.6) is 0 Å². The monoisotopic (exact) mass is 828 g/mol. The Morgan fingerprint density at radius 3 is 0.700 bits per heavy atom. The number of hydrogen-bond acceptors (Lipinski definition) is 12. The minimum Gasteiger partial charge on any atom is -0.292 e. The van der Waals surface area contributed by atoms with Crippen molar-refractivity contribution in [1.82, 2.24) is 0 Å². The quantitative estimate of drug-likeness (QED) is 0.0696. The maximum atomic E-state index is 12.2. The summed E-state index contributed by atoms with van der Waals surface area (Å²) in [5.74, 6) is -2.19. The second-order valence-corrected chi connectivity index (χ2v) is 17.3. The third kappa shape index (κ3) is 17.8. The molecule has 0 saturated heterocycles. The molecule has 0 aliphatic rings. The van der Waals surface area contributed by atoms with Gasteiger partial charge in [-0.1, -0.05) is 70.8 Å². The van der Waals surface area contributed by atoms with Gasteiger partial charge in [-0.05, 0) is 157 Å². The summed E-state index contributed by atoms with van der Waals surface area (Å²) in [7, 11) is 0. The fraction of sp³-hybridized carbons (Fsp3) is 0.417. The lowest BCUT2D eigenvalue weighted by Gasteiger charge is -2.28. The number of hydrogen-bond donors (Lipinski definition) is 0. The molecule has 4 aromatic carbocycles. The summed E-state index contributed by atoms with van der Waals surface area (Å²) in [6.45, 7) is 22.1. The summed E-state index contributed by atoms with van der Waals surface area (Å²) >= 11 is 0. The Labute approximate surface area is 354 Å². The van der Waals surface area contributed by atoms with E-state index in [0.717, 1.165) is 22.3 Å². The van der Waals surface area contributed by atoms with E-state index in [1.165, 1.54) is 0 Å². The molecule has 12 heteroatoms. The first kappa shape index (κ1) is 49.0. The van der Waals surface area contributed by atoms with E-state index in [1.54, 1.807) is 72.8 Å². The van der Waals surface area contributed by atoms with Crippen LogP contribution in [0.4, 0.5) is 0 Å². The van der Waals surface area contributed by atoms with Crippen LogP contribution in [0.25, 0.3) is 0 Å². The van der Waals surface area contributed by atoms with Crippen molar-refractivity contribution >= 4 is 23.9 Å². The maximum Gasteiger partial charge on any atom is 0.373 e. The van der Waals surface area contributed by atoms with Gasteiger partial charge in [0.15, 0.2) is 0 Å². The second-order valence-electron chi connectivity index (χ2n) is 17.3. The molecule has 0 aliphatic carbocycles. The Morgan fingerprint density at radius 2 is 0.533 bits per heavy atom. The molecule has 0 heterocycles. The van der Waals surface area contributed by atoms with Crippen molar-refractivity contribution in [2.24, 2.45) is 0 Å². The summed E-state index contributed by atoms with van der Waals surface area (Å²) in [6, 6.07) is 28.4. The van der Waals surface area contributed by atoms with E-state index in [2.05, 4.69) is 0 Å². The summed E-state index contributed by atoms with van der Waals surface area (Å²) in [4.78, 5) is 90.2. The predicted octanol–water partition coefficient (Wildman–Crippen LogP) is 11.0. The van der Waals surface area contributed by atoms with Gasteiger partial charge in [0.05, 0.1) is 22.3 Å². The first-order chi connectivity index (χ1) is 27.9. The van der Waals surface area contributed by atoms with Gasteiger partial charge in [-0.2, -0.15) is 19.6 Å². The van der Waals surface area contributed by atoms with Gasteiger partial charge < -0.3 is 0 Å². The van der Waals surface area contributed by atoms with Gasteiger partial charge in [0, 0.05) is 0 Å². The minimum atomic E-state index is -0.749. The average molecular weight is 829 g/mol. The topological polar surface area (TPSA) is 142 Å². The van der Waals surface area contributed by atoms with Crippen LogP contribution in [0.2, 0.25) is 0 Å². The molecule has 0 aromatic heterocycles. The summed E-state index contributed by atoms with van der Waals surface area (Å²) in [5, 5.41) is 0. The molecular weight excluding hydrogens is 769 g/mol. The molecule has 4 rings (SSSR count). The number of carbonyl (C=O) groups excluding carboxylic acids is 4. The molecular formula is C48H60O12. The third-order valence-electron chi connectivity index (χ3n) is 9.05. The van der Waals surface area contributed by atoms with Crippen LogP contribution in [0.15, 0.2) is 97.1 Å². The highest BCUT2D eigenvalue weighted by Gasteiger charge is 2.31. The molecule has 0 spiro atoms. The molecule has 12 nitrogen and oxygen atoms in total. The van der Waals surface area contributed by atoms with Gasteiger partial charge in [-0.3, -0.25) is 19.6 Å². The van der Waals surface area contributed by atoms with Crippen LogP contribution in [-0.4, -0.2) is 46.3 Å². The molecule has 60 heavy (non-hydrogen) atoms. The molecule has 0 saturated carbocycles. The Morgan fingerprint density at radius 1 is 0.350 bits per heavy atom. The Hall–Kier alpha value is -5.40. The van der Waals surface area contributed by atoms with Crippen LogP contribution in [0.1, 0.15) is 145 Å². The van der Waals surface area contributed by atoms with Crippen molar-refractivity contribution in [2.75, 3.05) is 0 Å². The standard InChI is InChI=1S/2C24H30O6/c2*1-17-9-7-11-19(15-17)21(25)27-29-23(3,4)13-14-24(5,6)30-28-22(26)20-12-8-10-18(2)16-20/h2*7-12,15-16H,13-14H2,1-6H3. The fourth-order valence-corrected chi connectivity index (χ4v) is 5.25. The van der Waals surface area contributed by atoms with E-state index >= 15 is 0 Å². The van der Waals surface area contributed by atoms with Crippen molar-refractivity contribution in [3.63, 3.8) is 0 Å². The zero-order valence-corrected chi connectivity index (χ0v) is 37.0. The second kappa shape index (κ2) is 21.7. The van der Waals surface area contributed by atoms with Gasteiger partial charge in [0.1, 0.15) is 22.4 Å². The zero-order valence-electron chi connectivity index (χ0n) is 37.0.